The number of aryl methyl sites for hydroxylation is 3. The van der Waals surface area contributed by atoms with Gasteiger partial charge < -0.3 is 19.0 Å². The van der Waals surface area contributed by atoms with Gasteiger partial charge in [0, 0.05) is 69.6 Å². The summed E-state index contributed by atoms with van der Waals surface area (Å²) in [6.07, 6.45) is 7.19. The van der Waals surface area contributed by atoms with Crippen LogP contribution in [-0.2, 0) is 46.8 Å². The van der Waals surface area contributed by atoms with E-state index in [2.05, 4.69) is 14.9 Å². The van der Waals surface area contributed by atoms with E-state index in [1.54, 1.807) is 29.0 Å². The molecule has 2 aliphatic rings. The molecule has 5 aromatic rings. The van der Waals surface area contributed by atoms with Gasteiger partial charge in [-0.2, -0.15) is 0 Å². The second kappa shape index (κ2) is 16.8. The topological polar surface area (TPSA) is 150 Å². The third-order valence-electron chi connectivity index (χ3n) is 9.97. The molecule has 1 fully saturated rings. The fourth-order valence-electron chi connectivity index (χ4n) is 7.16. The number of amides is 1. The van der Waals surface area contributed by atoms with Gasteiger partial charge in [-0.05, 0) is 101 Å². The molecule has 13 heteroatoms. The van der Waals surface area contributed by atoms with E-state index in [1.807, 2.05) is 70.0 Å². The van der Waals surface area contributed by atoms with Crippen LogP contribution >= 0.6 is 0 Å². The molecule has 1 saturated heterocycles. The molecular weight excluding hydrogens is 699 g/mol. The fraction of sp³-hybridized carbons (Fsp3) is 0.429. The average molecular weight is 748 g/mol. The van der Waals surface area contributed by atoms with Crippen molar-refractivity contribution in [2.75, 3.05) is 19.6 Å². The Hall–Kier alpha value is -5.56. The zero-order valence-electron chi connectivity index (χ0n) is 32.3. The summed E-state index contributed by atoms with van der Waals surface area (Å²) < 4.78 is 9.02. The maximum Gasteiger partial charge on any atom is 0.410 e. The number of Topliss-reactive ketones (excluding diaryl/α,β-unsaturated/α-hetero) is 1. The number of piperidine rings is 1. The first-order chi connectivity index (χ1) is 26.3. The van der Waals surface area contributed by atoms with Crippen LogP contribution < -0.4 is 11.1 Å². The number of carbonyl (C=O) groups excluding carboxylic acids is 3. The molecule has 55 heavy (non-hydrogen) atoms. The number of rotatable bonds is 8. The van der Waals surface area contributed by atoms with E-state index in [4.69, 9.17) is 9.72 Å². The van der Waals surface area contributed by atoms with Gasteiger partial charge in [0.2, 0.25) is 0 Å². The van der Waals surface area contributed by atoms with Crippen molar-refractivity contribution in [1.29, 1.82) is 0 Å². The molecule has 288 valence electrons. The summed E-state index contributed by atoms with van der Waals surface area (Å²) in [7, 11) is 0. The minimum atomic E-state index is -0.606. The fourth-order valence-corrected chi connectivity index (χ4v) is 7.16. The summed E-state index contributed by atoms with van der Waals surface area (Å²) in [4.78, 5) is 77.6. The monoisotopic (exact) mass is 747 g/mol. The minimum absolute atomic E-state index is 0.0118. The van der Waals surface area contributed by atoms with Crippen LogP contribution in [0.1, 0.15) is 68.1 Å². The van der Waals surface area contributed by atoms with E-state index in [9.17, 15) is 24.0 Å². The highest BCUT2D eigenvalue weighted by Crippen LogP contribution is 2.24. The Morgan fingerprint density at radius 2 is 1.47 bits per heavy atom. The van der Waals surface area contributed by atoms with Crippen molar-refractivity contribution in [3.63, 3.8) is 0 Å². The third kappa shape index (κ3) is 9.76. The van der Waals surface area contributed by atoms with Crippen LogP contribution in [0.25, 0.3) is 22.1 Å². The largest absolute Gasteiger partial charge is 0.444 e. The highest BCUT2D eigenvalue weighted by Gasteiger charge is 2.32. The van der Waals surface area contributed by atoms with E-state index in [1.165, 1.54) is 10.6 Å². The van der Waals surface area contributed by atoms with Gasteiger partial charge >= 0.3 is 6.09 Å². The molecular formula is C42H49N7O6. The third-order valence-corrected chi connectivity index (χ3v) is 9.97. The number of likely N-dealkylation sites (tertiary alicyclic amines) is 1. The van der Waals surface area contributed by atoms with E-state index in [0.29, 0.717) is 37.7 Å². The first-order valence-corrected chi connectivity index (χ1v) is 18.9. The van der Waals surface area contributed by atoms with E-state index in [-0.39, 0.29) is 35.6 Å². The number of fused-ring (bicyclic) bond motifs is 3. The molecule has 0 atom stereocenters. The Balaban J connectivity index is 0.000000286. The molecule has 0 aromatic carbocycles. The van der Waals surface area contributed by atoms with Crippen LogP contribution in [-0.4, -0.2) is 83.3 Å². The van der Waals surface area contributed by atoms with Gasteiger partial charge in [-0.3, -0.25) is 38.8 Å². The van der Waals surface area contributed by atoms with Gasteiger partial charge in [0.1, 0.15) is 17.7 Å². The second-order valence-electron chi connectivity index (χ2n) is 15.4. The number of ketones is 1. The first-order valence-electron chi connectivity index (χ1n) is 18.9. The molecule has 0 spiro atoms. The molecule has 0 bridgehead atoms. The second-order valence-corrected chi connectivity index (χ2v) is 15.4. The number of aldehydes is 1. The van der Waals surface area contributed by atoms with Crippen LogP contribution in [0.2, 0.25) is 0 Å². The maximum absolute atomic E-state index is 13.3. The van der Waals surface area contributed by atoms with Crippen molar-refractivity contribution in [3.05, 3.63) is 110 Å². The predicted octanol–water partition coefficient (Wildman–Crippen LogP) is 4.96. The van der Waals surface area contributed by atoms with Gasteiger partial charge in [-0.1, -0.05) is 6.07 Å². The van der Waals surface area contributed by atoms with Crippen molar-refractivity contribution in [2.24, 2.45) is 0 Å². The number of aromatic nitrogens is 5. The molecule has 1 aliphatic heterocycles. The summed E-state index contributed by atoms with van der Waals surface area (Å²) in [5.41, 5.74) is 7.02. The zero-order chi connectivity index (χ0) is 39.3. The van der Waals surface area contributed by atoms with Crippen molar-refractivity contribution in [3.8, 4) is 0 Å². The Labute approximate surface area is 320 Å². The van der Waals surface area contributed by atoms with Crippen LogP contribution in [0, 0.1) is 13.8 Å². The zero-order valence-corrected chi connectivity index (χ0v) is 32.3. The van der Waals surface area contributed by atoms with Crippen LogP contribution in [0.4, 0.5) is 4.79 Å². The summed E-state index contributed by atoms with van der Waals surface area (Å²) in [5, 5.41) is 0. The SMILES string of the molecule is Cc1cnc2ccc(=O)n(CC=O)c2c1.Cc1cnc2ccc(=O)n(CCN3CCC(N(Cc4ccc5c(n4)CC(=O)CC5)C(=O)OC(C)(C)C)CC3)c2c1. The predicted molar refractivity (Wildman–Crippen MR) is 210 cm³/mol. The normalized spacial score (nSPS) is 15.0. The molecule has 0 N–H and O–H groups in total. The quantitative estimate of drug-likeness (QED) is 0.199. The lowest BCUT2D eigenvalue weighted by Gasteiger charge is -2.39. The molecule has 13 nitrogen and oxygen atoms in total. The number of carbonyl (C=O) groups is 3. The highest BCUT2D eigenvalue weighted by atomic mass is 16.6. The van der Waals surface area contributed by atoms with E-state index >= 15 is 0 Å². The van der Waals surface area contributed by atoms with Crippen LogP contribution in [0.15, 0.2) is 70.5 Å². The van der Waals surface area contributed by atoms with Crippen molar-refractivity contribution < 1.29 is 19.1 Å². The van der Waals surface area contributed by atoms with E-state index < -0.39 is 5.60 Å². The van der Waals surface area contributed by atoms with Gasteiger partial charge in [-0.15, -0.1) is 0 Å². The molecule has 0 unspecified atom stereocenters. The van der Waals surface area contributed by atoms with Crippen LogP contribution in [0.3, 0.4) is 0 Å². The minimum Gasteiger partial charge on any atom is -0.444 e. The van der Waals surface area contributed by atoms with E-state index in [0.717, 1.165) is 83.5 Å². The number of nitrogens with zero attached hydrogens (tertiary/aromatic N) is 7. The lowest BCUT2D eigenvalue weighted by Crippen LogP contribution is -2.49. The summed E-state index contributed by atoms with van der Waals surface area (Å²) in [6, 6.07) is 14.3. The molecule has 1 aliphatic carbocycles. The molecule has 7 rings (SSSR count). The number of hydrogen-bond acceptors (Lipinski definition) is 10. The lowest BCUT2D eigenvalue weighted by atomic mass is 9.95. The molecule has 0 radical (unpaired) electrons. The van der Waals surface area contributed by atoms with Gasteiger partial charge in [0.05, 0.1) is 46.5 Å². The Bertz CT molecular complexity index is 2340. The Kier molecular flexibility index (Phi) is 12.0. The molecule has 1 amide bonds. The standard InChI is InChI=1S/C31H39N5O4.C11H10N2O2/c1-21-17-28-26(32-19-21)9-10-29(38)35(28)16-15-34-13-11-24(12-14-34)36(30(39)40-31(2,3)4)20-23-7-5-22-6-8-25(37)18-27(22)33-23;1-8-6-10-9(12-7-8)2-3-11(15)13(10)4-5-14/h5,7,9-10,17,19,24H,6,8,11-16,18,20H2,1-4H3;2-3,5-7H,4H2,1H3. The first kappa shape index (κ1) is 39.1. The molecule has 5 aromatic heterocycles. The maximum atomic E-state index is 13.3. The number of ether oxygens (including phenoxy) is 1. The lowest BCUT2D eigenvalue weighted by molar-refractivity contribution is -0.118. The van der Waals surface area contributed by atoms with Crippen molar-refractivity contribution in [1.82, 2.24) is 33.9 Å². The van der Waals surface area contributed by atoms with Crippen molar-refractivity contribution >= 4 is 40.2 Å². The smallest absolute Gasteiger partial charge is 0.410 e. The Morgan fingerprint density at radius 3 is 2.09 bits per heavy atom. The summed E-state index contributed by atoms with van der Waals surface area (Å²) in [6.45, 7) is 12.9. The Morgan fingerprint density at radius 1 is 0.855 bits per heavy atom. The van der Waals surface area contributed by atoms with Crippen molar-refractivity contribution in [2.45, 2.75) is 98.0 Å². The summed E-state index contributed by atoms with van der Waals surface area (Å²) >= 11 is 0. The number of hydrogen-bond donors (Lipinski definition) is 0. The number of pyridine rings is 5. The van der Waals surface area contributed by atoms with Gasteiger partial charge in [0.15, 0.2) is 0 Å². The molecule has 6 heterocycles. The van der Waals surface area contributed by atoms with Gasteiger partial charge in [0.25, 0.3) is 11.1 Å². The molecule has 0 saturated carbocycles. The highest BCUT2D eigenvalue weighted by molar-refractivity contribution is 5.82. The van der Waals surface area contributed by atoms with Crippen LogP contribution in [0.5, 0.6) is 0 Å². The average Bonchev–Trinajstić information content (AvgIpc) is 3.14. The summed E-state index contributed by atoms with van der Waals surface area (Å²) in [5.74, 6) is 0.214. The van der Waals surface area contributed by atoms with Gasteiger partial charge in [-0.25, -0.2) is 4.79 Å².